The van der Waals surface area contributed by atoms with Crippen molar-refractivity contribution >= 4 is 40.3 Å². The zero-order valence-corrected chi connectivity index (χ0v) is 13.5. The fourth-order valence-electron chi connectivity index (χ4n) is 2.35. The van der Waals surface area contributed by atoms with Crippen molar-refractivity contribution in [1.29, 1.82) is 0 Å². The Bertz CT molecular complexity index is 416. The number of hydrogen-bond acceptors (Lipinski definition) is 2. The molecule has 1 aliphatic rings. The average Bonchev–Trinajstić information content (AvgIpc) is 2.40. The molecule has 0 saturated heterocycles. The first-order chi connectivity index (χ1) is 8.70. The Morgan fingerprint density at radius 1 is 1.28 bits per heavy atom. The number of carbonyl (C=O) groups excluding carboxylic acids is 1. The van der Waals surface area contributed by atoms with Gasteiger partial charge in [0.25, 0.3) is 5.91 Å². The smallest absolute Gasteiger partial charge is 0.252 e. The lowest BCUT2D eigenvalue weighted by molar-refractivity contribution is 0.0927. The highest BCUT2D eigenvalue weighted by Gasteiger charge is 2.22. The van der Waals surface area contributed by atoms with Crippen LogP contribution in [0.2, 0.25) is 0 Å². The normalized spacial score (nSPS) is 23.7. The van der Waals surface area contributed by atoms with Gasteiger partial charge in [-0.2, -0.15) is 11.8 Å². The van der Waals surface area contributed by atoms with Crippen LogP contribution in [0.15, 0.2) is 24.3 Å². The zero-order chi connectivity index (χ0) is 13.0. The molecule has 1 aromatic carbocycles. The molecule has 1 fully saturated rings. The van der Waals surface area contributed by atoms with Crippen molar-refractivity contribution in [1.82, 2.24) is 5.32 Å². The van der Waals surface area contributed by atoms with Crippen LogP contribution in [0.3, 0.4) is 0 Å². The van der Waals surface area contributed by atoms with Gasteiger partial charge in [0.2, 0.25) is 0 Å². The maximum absolute atomic E-state index is 12.2. The van der Waals surface area contributed by atoms with Crippen LogP contribution in [0.25, 0.3) is 0 Å². The predicted octanol–water partition coefficient (Wildman–Crippen LogP) is 3.70. The largest absolute Gasteiger partial charge is 0.349 e. The first-order valence-corrected chi connectivity index (χ1v) is 8.65. The molecule has 0 aromatic heterocycles. The lowest BCUT2D eigenvalue weighted by atomic mass is 9.94. The summed E-state index contributed by atoms with van der Waals surface area (Å²) in [7, 11) is 0. The van der Waals surface area contributed by atoms with Crippen LogP contribution >= 0.6 is 34.4 Å². The Hall–Kier alpha value is -0.230. The van der Waals surface area contributed by atoms with Crippen molar-refractivity contribution in [3.63, 3.8) is 0 Å². The van der Waals surface area contributed by atoms with Crippen molar-refractivity contribution in [3.05, 3.63) is 33.4 Å². The fourth-order valence-corrected chi connectivity index (χ4v) is 3.73. The summed E-state index contributed by atoms with van der Waals surface area (Å²) in [4.78, 5) is 12.2. The van der Waals surface area contributed by atoms with Gasteiger partial charge in [-0.3, -0.25) is 4.79 Å². The topological polar surface area (TPSA) is 29.1 Å². The van der Waals surface area contributed by atoms with Gasteiger partial charge in [0.1, 0.15) is 0 Å². The van der Waals surface area contributed by atoms with Crippen LogP contribution < -0.4 is 5.32 Å². The van der Waals surface area contributed by atoms with Crippen molar-refractivity contribution in [2.75, 3.05) is 6.26 Å². The minimum absolute atomic E-state index is 0.0765. The maximum Gasteiger partial charge on any atom is 0.252 e. The molecule has 1 aromatic rings. The third-order valence-corrected chi connectivity index (χ3v) is 5.54. The minimum Gasteiger partial charge on any atom is -0.349 e. The number of amides is 1. The number of benzene rings is 1. The van der Waals surface area contributed by atoms with Gasteiger partial charge in [0.05, 0.1) is 5.56 Å². The van der Waals surface area contributed by atoms with Gasteiger partial charge in [-0.05, 0) is 66.7 Å². The summed E-state index contributed by atoms with van der Waals surface area (Å²) >= 11 is 4.17. The molecule has 1 N–H and O–H groups in total. The van der Waals surface area contributed by atoms with Crippen LogP contribution in [0.1, 0.15) is 36.0 Å². The Morgan fingerprint density at radius 3 is 2.56 bits per heavy atom. The first kappa shape index (κ1) is 14.2. The first-order valence-electron chi connectivity index (χ1n) is 6.29. The monoisotopic (exact) mass is 375 g/mol. The number of carbonyl (C=O) groups is 1. The molecule has 0 atom stereocenters. The molecule has 0 radical (unpaired) electrons. The van der Waals surface area contributed by atoms with Crippen LogP contribution in [-0.4, -0.2) is 23.5 Å². The molecule has 98 valence electrons. The zero-order valence-electron chi connectivity index (χ0n) is 10.5. The van der Waals surface area contributed by atoms with E-state index in [0.29, 0.717) is 6.04 Å². The van der Waals surface area contributed by atoms with Crippen LogP contribution in [0.5, 0.6) is 0 Å². The molecular formula is C14H18INOS. The Morgan fingerprint density at radius 2 is 1.94 bits per heavy atom. The van der Waals surface area contributed by atoms with Crippen molar-refractivity contribution in [2.45, 2.75) is 37.0 Å². The molecule has 0 heterocycles. The van der Waals surface area contributed by atoms with Gasteiger partial charge < -0.3 is 5.32 Å². The Balaban J connectivity index is 1.91. The fraction of sp³-hybridized carbons (Fsp3) is 0.500. The Kier molecular flexibility index (Phi) is 5.36. The lowest BCUT2D eigenvalue weighted by Gasteiger charge is -2.28. The van der Waals surface area contributed by atoms with Gasteiger partial charge >= 0.3 is 0 Å². The number of rotatable bonds is 3. The summed E-state index contributed by atoms with van der Waals surface area (Å²) in [5.74, 6) is 0.0765. The number of hydrogen-bond donors (Lipinski definition) is 1. The lowest BCUT2D eigenvalue weighted by Crippen LogP contribution is -2.38. The molecule has 2 nitrogen and oxygen atoms in total. The van der Waals surface area contributed by atoms with E-state index in [0.717, 1.165) is 27.2 Å². The number of thioether (sulfide) groups is 1. The quantitative estimate of drug-likeness (QED) is 0.817. The van der Waals surface area contributed by atoms with Crippen LogP contribution in [0.4, 0.5) is 0 Å². The average molecular weight is 375 g/mol. The second kappa shape index (κ2) is 6.80. The van der Waals surface area contributed by atoms with Gasteiger partial charge in [0.15, 0.2) is 0 Å². The molecule has 18 heavy (non-hydrogen) atoms. The summed E-state index contributed by atoms with van der Waals surface area (Å²) in [6.45, 7) is 0. The van der Waals surface area contributed by atoms with Gasteiger partial charge in [-0.25, -0.2) is 0 Å². The molecule has 4 heteroatoms. The summed E-state index contributed by atoms with van der Waals surface area (Å²) in [6.07, 6.45) is 6.84. The summed E-state index contributed by atoms with van der Waals surface area (Å²) < 4.78 is 1.02. The van der Waals surface area contributed by atoms with E-state index in [-0.39, 0.29) is 5.91 Å². The van der Waals surface area contributed by atoms with E-state index in [1.54, 1.807) is 0 Å². The van der Waals surface area contributed by atoms with E-state index in [9.17, 15) is 4.79 Å². The highest BCUT2D eigenvalue weighted by Crippen LogP contribution is 2.27. The maximum atomic E-state index is 12.2. The molecule has 1 amide bonds. The van der Waals surface area contributed by atoms with E-state index in [4.69, 9.17) is 0 Å². The molecular weight excluding hydrogens is 357 g/mol. The van der Waals surface area contributed by atoms with Crippen molar-refractivity contribution in [3.8, 4) is 0 Å². The molecule has 0 bridgehead atoms. The third kappa shape index (κ3) is 3.63. The van der Waals surface area contributed by atoms with E-state index >= 15 is 0 Å². The summed E-state index contributed by atoms with van der Waals surface area (Å²) in [5.41, 5.74) is 0.796. The highest BCUT2D eigenvalue weighted by molar-refractivity contribution is 14.1. The molecule has 0 aliphatic heterocycles. The van der Waals surface area contributed by atoms with Gasteiger partial charge in [0, 0.05) is 14.9 Å². The van der Waals surface area contributed by atoms with Crippen molar-refractivity contribution in [2.24, 2.45) is 0 Å². The molecule has 1 saturated carbocycles. The molecule has 0 spiro atoms. The predicted molar refractivity (Wildman–Crippen MR) is 86.2 cm³/mol. The highest BCUT2D eigenvalue weighted by atomic mass is 127. The number of nitrogens with one attached hydrogen (secondary N) is 1. The van der Waals surface area contributed by atoms with Crippen molar-refractivity contribution < 1.29 is 4.79 Å². The van der Waals surface area contributed by atoms with E-state index in [2.05, 4.69) is 34.2 Å². The summed E-state index contributed by atoms with van der Waals surface area (Å²) in [6, 6.07) is 8.10. The standard InChI is InChI=1S/C14H18INOS/c1-18-11-8-6-10(7-9-11)16-14(17)12-4-2-3-5-13(12)15/h2-5,10-11H,6-9H2,1H3,(H,16,17). The molecule has 2 rings (SSSR count). The second-order valence-corrected chi connectivity index (χ2v) is 6.96. The van der Waals surface area contributed by atoms with Gasteiger partial charge in [-0.15, -0.1) is 0 Å². The Labute approximate surface area is 126 Å². The van der Waals surface area contributed by atoms with E-state index < -0.39 is 0 Å². The third-order valence-electron chi connectivity index (χ3n) is 3.46. The van der Waals surface area contributed by atoms with Crippen LogP contribution in [-0.2, 0) is 0 Å². The minimum atomic E-state index is 0.0765. The SMILES string of the molecule is CSC1CCC(NC(=O)c2ccccc2I)CC1. The molecule has 0 unspecified atom stereocenters. The summed E-state index contributed by atoms with van der Waals surface area (Å²) in [5, 5.41) is 3.95. The van der Waals surface area contributed by atoms with Gasteiger partial charge in [-0.1, -0.05) is 12.1 Å². The van der Waals surface area contributed by atoms with E-state index in [1.165, 1.54) is 12.8 Å². The molecule has 1 aliphatic carbocycles. The number of halogens is 1. The van der Waals surface area contributed by atoms with Crippen LogP contribution in [0, 0.1) is 3.57 Å². The van der Waals surface area contributed by atoms with E-state index in [1.807, 2.05) is 36.0 Å². The second-order valence-electron chi connectivity index (χ2n) is 4.66.